The number of carbonyl (C=O) groups excluding carboxylic acids is 1. The van der Waals surface area contributed by atoms with Crippen molar-refractivity contribution in [1.82, 2.24) is 15.2 Å². The van der Waals surface area contributed by atoms with Crippen molar-refractivity contribution in [3.8, 4) is 0 Å². The molecule has 0 saturated carbocycles. The van der Waals surface area contributed by atoms with Gasteiger partial charge in [0.2, 0.25) is 0 Å². The van der Waals surface area contributed by atoms with Crippen LogP contribution in [0.15, 0.2) is 18.3 Å². The average molecular weight is 233 g/mol. The van der Waals surface area contributed by atoms with Gasteiger partial charge < -0.3 is 10.2 Å². The second-order valence-electron chi connectivity index (χ2n) is 4.65. The van der Waals surface area contributed by atoms with Crippen LogP contribution in [0.1, 0.15) is 22.5 Å². The van der Waals surface area contributed by atoms with Gasteiger partial charge in [-0.25, -0.2) is 0 Å². The zero-order chi connectivity index (χ0) is 12.3. The summed E-state index contributed by atoms with van der Waals surface area (Å²) in [6.45, 7) is 4.62. The summed E-state index contributed by atoms with van der Waals surface area (Å²) in [5.74, 6) is 0.693. The van der Waals surface area contributed by atoms with Gasteiger partial charge in [0.05, 0.1) is 5.56 Å². The maximum absolute atomic E-state index is 12.2. The Bertz CT molecular complexity index is 388. The van der Waals surface area contributed by atoms with Crippen molar-refractivity contribution >= 4 is 5.91 Å². The molecule has 0 bridgehead atoms. The topological polar surface area (TPSA) is 45.2 Å². The molecule has 1 atom stereocenters. The molecule has 4 heteroatoms. The number of hydrogen-bond acceptors (Lipinski definition) is 3. The van der Waals surface area contributed by atoms with Crippen LogP contribution in [0, 0.1) is 12.8 Å². The summed E-state index contributed by atoms with van der Waals surface area (Å²) in [7, 11) is 1.95. The third kappa shape index (κ3) is 2.82. The fraction of sp³-hybridized carbons (Fsp3) is 0.538. The number of nitrogens with one attached hydrogen (secondary N) is 1. The highest BCUT2D eigenvalue weighted by Gasteiger charge is 2.26. The molecule has 1 aromatic rings. The highest BCUT2D eigenvalue weighted by molar-refractivity contribution is 5.94. The monoisotopic (exact) mass is 233 g/mol. The standard InChI is InChI=1S/C13H19N3O/c1-10-3-4-12(8-15-10)13(17)16-6-5-11(9-16)7-14-2/h3-4,8,11,14H,5-7,9H2,1-2H3. The molecule has 92 valence electrons. The van der Waals surface area contributed by atoms with Crippen molar-refractivity contribution in [2.75, 3.05) is 26.7 Å². The van der Waals surface area contributed by atoms with Gasteiger partial charge >= 0.3 is 0 Å². The Labute approximate surface area is 102 Å². The van der Waals surface area contributed by atoms with E-state index in [4.69, 9.17) is 0 Å². The molecule has 2 rings (SSSR count). The Kier molecular flexibility index (Phi) is 3.74. The van der Waals surface area contributed by atoms with Gasteiger partial charge in [-0.05, 0) is 45.0 Å². The number of aryl methyl sites for hydroxylation is 1. The summed E-state index contributed by atoms with van der Waals surface area (Å²) in [6.07, 6.45) is 2.76. The first-order valence-corrected chi connectivity index (χ1v) is 6.07. The zero-order valence-electron chi connectivity index (χ0n) is 10.4. The molecule has 0 spiro atoms. The molecule has 1 fully saturated rings. The van der Waals surface area contributed by atoms with E-state index in [9.17, 15) is 4.79 Å². The zero-order valence-corrected chi connectivity index (χ0v) is 10.4. The largest absolute Gasteiger partial charge is 0.338 e. The van der Waals surface area contributed by atoms with E-state index in [-0.39, 0.29) is 5.91 Å². The number of nitrogens with zero attached hydrogens (tertiary/aromatic N) is 2. The van der Waals surface area contributed by atoms with Crippen LogP contribution in [-0.2, 0) is 0 Å². The lowest BCUT2D eigenvalue weighted by Gasteiger charge is -2.16. The minimum atomic E-state index is 0.108. The Balaban J connectivity index is 1.99. The third-order valence-corrected chi connectivity index (χ3v) is 3.22. The van der Waals surface area contributed by atoms with Crippen LogP contribution in [0.25, 0.3) is 0 Å². The van der Waals surface area contributed by atoms with E-state index >= 15 is 0 Å². The molecule has 4 nitrogen and oxygen atoms in total. The number of amides is 1. The number of pyridine rings is 1. The van der Waals surface area contributed by atoms with Crippen molar-refractivity contribution in [2.45, 2.75) is 13.3 Å². The third-order valence-electron chi connectivity index (χ3n) is 3.22. The molecule has 0 radical (unpaired) electrons. The van der Waals surface area contributed by atoms with E-state index in [1.165, 1.54) is 0 Å². The van der Waals surface area contributed by atoms with E-state index in [0.29, 0.717) is 11.5 Å². The summed E-state index contributed by atoms with van der Waals surface area (Å²) < 4.78 is 0. The Morgan fingerprint density at radius 3 is 3.06 bits per heavy atom. The van der Waals surface area contributed by atoms with Crippen LogP contribution in [-0.4, -0.2) is 42.5 Å². The number of likely N-dealkylation sites (tertiary alicyclic amines) is 1. The van der Waals surface area contributed by atoms with Gasteiger partial charge in [0, 0.05) is 25.0 Å². The molecular weight excluding hydrogens is 214 g/mol. The number of hydrogen-bond donors (Lipinski definition) is 1. The van der Waals surface area contributed by atoms with Crippen molar-refractivity contribution in [3.63, 3.8) is 0 Å². The van der Waals surface area contributed by atoms with E-state index in [0.717, 1.165) is 31.7 Å². The summed E-state index contributed by atoms with van der Waals surface area (Å²) in [5, 5.41) is 3.17. The Morgan fingerprint density at radius 2 is 2.41 bits per heavy atom. The molecule has 1 saturated heterocycles. The molecule has 1 N–H and O–H groups in total. The number of aromatic nitrogens is 1. The fourth-order valence-electron chi connectivity index (χ4n) is 2.25. The molecule has 1 unspecified atom stereocenters. The van der Waals surface area contributed by atoms with Crippen molar-refractivity contribution < 1.29 is 4.79 Å². The van der Waals surface area contributed by atoms with Gasteiger partial charge in [0.15, 0.2) is 0 Å². The van der Waals surface area contributed by atoms with Crippen LogP contribution in [0.4, 0.5) is 0 Å². The average Bonchev–Trinajstić information content (AvgIpc) is 2.78. The van der Waals surface area contributed by atoms with E-state index in [1.54, 1.807) is 6.20 Å². The summed E-state index contributed by atoms with van der Waals surface area (Å²) in [4.78, 5) is 18.3. The molecule has 1 amide bonds. The lowest BCUT2D eigenvalue weighted by Crippen LogP contribution is -2.30. The molecule has 0 aliphatic carbocycles. The highest BCUT2D eigenvalue weighted by Crippen LogP contribution is 2.17. The van der Waals surface area contributed by atoms with E-state index in [2.05, 4.69) is 10.3 Å². The molecule has 1 aromatic heterocycles. The molecule has 1 aliphatic rings. The molecule has 2 heterocycles. The number of carbonyl (C=O) groups is 1. The highest BCUT2D eigenvalue weighted by atomic mass is 16.2. The molecule has 17 heavy (non-hydrogen) atoms. The Hall–Kier alpha value is -1.42. The first-order valence-electron chi connectivity index (χ1n) is 6.07. The summed E-state index contributed by atoms with van der Waals surface area (Å²) >= 11 is 0. The fourth-order valence-corrected chi connectivity index (χ4v) is 2.25. The van der Waals surface area contributed by atoms with Crippen molar-refractivity contribution in [3.05, 3.63) is 29.6 Å². The minimum Gasteiger partial charge on any atom is -0.338 e. The van der Waals surface area contributed by atoms with Gasteiger partial charge in [-0.15, -0.1) is 0 Å². The first-order chi connectivity index (χ1) is 8.20. The van der Waals surface area contributed by atoms with Gasteiger partial charge in [0.1, 0.15) is 0 Å². The van der Waals surface area contributed by atoms with Crippen LogP contribution in [0.3, 0.4) is 0 Å². The molecular formula is C13H19N3O. The minimum absolute atomic E-state index is 0.108. The van der Waals surface area contributed by atoms with Gasteiger partial charge in [-0.1, -0.05) is 0 Å². The van der Waals surface area contributed by atoms with Crippen LogP contribution in [0.2, 0.25) is 0 Å². The van der Waals surface area contributed by atoms with Crippen LogP contribution < -0.4 is 5.32 Å². The van der Waals surface area contributed by atoms with Crippen molar-refractivity contribution in [2.24, 2.45) is 5.92 Å². The number of rotatable bonds is 3. The molecule has 0 aromatic carbocycles. The predicted molar refractivity (Wildman–Crippen MR) is 66.9 cm³/mol. The predicted octanol–water partition coefficient (Wildman–Crippen LogP) is 1.07. The lowest BCUT2D eigenvalue weighted by atomic mass is 10.1. The van der Waals surface area contributed by atoms with Gasteiger partial charge in [-0.2, -0.15) is 0 Å². The summed E-state index contributed by atoms with van der Waals surface area (Å²) in [6, 6.07) is 3.74. The van der Waals surface area contributed by atoms with Gasteiger partial charge in [0.25, 0.3) is 5.91 Å². The van der Waals surface area contributed by atoms with Gasteiger partial charge in [-0.3, -0.25) is 9.78 Å². The van der Waals surface area contributed by atoms with Crippen molar-refractivity contribution in [1.29, 1.82) is 0 Å². The van der Waals surface area contributed by atoms with Crippen LogP contribution in [0.5, 0.6) is 0 Å². The lowest BCUT2D eigenvalue weighted by molar-refractivity contribution is 0.0787. The van der Waals surface area contributed by atoms with Crippen LogP contribution >= 0.6 is 0 Å². The molecule has 1 aliphatic heterocycles. The Morgan fingerprint density at radius 1 is 1.59 bits per heavy atom. The smallest absolute Gasteiger partial charge is 0.255 e. The second-order valence-corrected chi connectivity index (χ2v) is 4.65. The second kappa shape index (κ2) is 5.27. The van der Waals surface area contributed by atoms with E-state index < -0.39 is 0 Å². The summed E-state index contributed by atoms with van der Waals surface area (Å²) in [5.41, 5.74) is 1.64. The maximum atomic E-state index is 12.2. The quantitative estimate of drug-likeness (QED) is 0.849. The first kappa shape index (κ1) is 12.0. The maximum Gasteiger partial charge on any atom is 0.255 e. The van der Waals surface area contributed by atoms with E-state index in [1.807, 2.05) is 31.0 Å². The SMILES string of the molecule is CNCC1CCN(C(=O)c2ccc(C)nc2)C1. The normalized spacial score (nSPS) is 19.6.